The Labute approximate surface area is 154 Å². The van der Waals surface area contributed by atoms with Gasteiger partial charge in [0.25, 0.3) is 11.6 Å². The monoisotopic (exact) mass is 374 g/mol. The maximum absolute atomic E-state index is 11.8. The second-order valence-corrected chi connectivity index (χ2v) is 5.68. The van der Waals surface area contributed by atoms with Gasteiger partial charge < -0.3 is 10.1 Å². The molecule has 134 valence electrons. The Morgan fingerprint density at radius 2 is 2.00 bits per heavy atom. The summed E-state index contributed by atoms with van der Waals surface area (Å²) in [7, 11) is 0. The third kappa shape index (κ3) is 5.42. The zero-order chi connectivity index (χ0) is 19.1. The lowest BCUT2D eigenvalue weighted by Crippen LogP contribution is -2.20. The fourth-order valence-electron chi connectivity index (χ4n) is 2.01. The van der Waals surface area contributed by atoms with Crippen molar-refractivity contribution in [2.75, 3.05) is 11.9 Å². The first-order valence-corrected chi connectivity index (χ1v) is 7.89. The molecule has 0 aliphatic carbocycles. The number of nitrogens with zero attached hydrogens (tertiary/aromatic N) is 1. The van der Waals surface area contributed by atoms with Gasteiger partial charge in [-0.05, 0) is 36.8 Å². The average Bonchev–Trinajstić information content (AvgIpc) is 2.61. The maximum Gasteiger partial charge on any atom is 0.331 e. The van der Waals surface area contributed by atoms with Crippen LogP contribution in [0.2, 0.25) is 5.02 Å². The smallest absolute Gasteiger partial charge is 0.331 e. The van der Waals surface area contributed by atoms with Crippen LogP contribution in [0.15, 0.2) is 48.5 Å². The number of carbonyl (C=O) groups is 2. The fraction of sp³-hybridized carbons (Fsp3) is 0.111. The van der Waals surface area contributed by atoms with E-state index in [4.69, 9.17) is 16.3 Å². The van der Waals surface area contributed by atoms with Crippen molar-refractivity contribution < 1.29 is 19.2 Å². The summed E-state index contributed by atoms with van der Waals surface area (Å²) in [5, 5.41) is 13.9. The minimum absolute atomic E-state index is 0.134. The van der Waals surface area contributed by atoms with Crippen LogP contribution >= 0.6 is 11.6 Å². The normalized spacial score (nSPS) is 10.5. The lowest BCUT2D eigenvalue weighted by Gasteiger charge is -2.07. The molecule has 0 fully saturated rings. The van der Waals surface area contributed by atoms with Crippen molar-refractivity contribution in [2.24, 2.45) is 0 Å². The quantitative estimate of drug-likeness (QED) is 0.359. The van der Waals surface area contributed by atoms with Crippen molar-refractivity contribution >= 4 is 40.9 Å². The van der Waals surface area contributed by atoms with E-state index in [1.165, 1.54) is 24.3 Å². The molecule has 2 rings (SSSR count). The van der Waals surface area contributed by atoms with Gasteiger partial charge in [0.15, 0.2) is 6.61 Å². The van der Waals surface area contributed by atoms with Crippen molar-refractivity contribution in [2.45, 2.75) is 6.92 Å². The number of hydrogen-bond donors (Lipinski definition) is 1. The molecule has 0 atom stereocenters. The van der Waals surface area contributed by atoms with Crippen molar-refractivity contribution in [3.8, 4) is 0 Å². The second kappa shape index (κ2) is 8.77. The van der Waals surface area contributed by atoms with E-state index in [0.717, 1.165) is 11.6 Å². The van der Waals surface area contributed by atoms with Crippen LogP contribution in [0.4, 0.5) is 11.4 Å². The molecule has 7 nitrogen and oxygen atoms in total. The molecule has 2 aromatic rings. The molecule has 0 radical (unpaired) electrons. The molecule has 26 heavy (non-hydrogen) atoms. The number of hydrogen-bond acceptors (Lipinski definition) is 5. The molecule has 8 heteroatoms. The number of para-hydroxylation sites is 1. The molecule has 0 aliphatic rings. The van der Waals surface area contributed by atoms with Crippen LogP contribution in [-0.2, 0) is 14.3 Å². The van der Waals surface area contributed by atoms with Crippen molar-refractivity contribution in [3.05, 3.63) is 74.8 Å². The summed E-state index contributed by atoms with van der Waals surface area (Å²) in [6.07, 6.45) is 2.29. The summed E-state index contributed by atoms with van der Waals surface area (Å²) >= 11 is 5.97. The number of anilines is 1. The van der Waals surface area contributed by atoms with Crippen LogP contribution in [0.1, 0.15) is 11.1 Å². The Bertz CT molecular complexity index is 880. The molecular weight excluding hydrogens is 360 g/mol. The van der Waals surface area contributed by atoms with Crippen LogP contribution in [0.5, 0.6) is 0 Å². The summed E-state index contributed by atoms with van der Waals surface area (Å²) in [5.74, 6) is -1.32. The lowest BCUT2D eigenvalue weighted by molar-refractivity contribution is -0.385. The summed E-state index contributed by atoms with van der Waals surface area (Å²) in [6.45, 7) is 1.34. The van der Waals surface area contributed by atoms with Gasteiger partial charge in [-0.25, -0.2) is 4.79 Å². The number of aryl methyl sites for hydroxylation is 1. The van der Waals surface area contributed by atoms with Gasteiger partial charge in [0.05, 0.1) is 10.5 Å². The number of carbonyl (C=O) groups excluding carboxylic acids is 2. The minimum Gasteiger partial charge on any atom is -0.452 e. The van der Waals surface area contributed by atoms with Gasteiger partial charge in [0, 0.05) is 22.9 Å². The first-order valence-electron chi connectivity index (χ1n) is 7.51. The number of ether oxygens (including phenoxy) is 1. The largest absolute Gasteiger partial charge is 0.452 e. The number of rotatable bonds is 6. The molecule has 0 aromatic heterocycles. The molecule has 1 N–H and O–H groups in total. The van der Waals surface area contributed by atoms with Gasteiger partial charge in [0.1, 0.15) is 0 Å². The van der Waals surface area contributed by atoms with Gasteiger partial charge >= 0.3 is 5.97 Å². The predicted molar refractivity (Wildman–Crippen MR) is 97.9 cm³/mol. The van der Waals surface area contributed by atoms with E-state index >= 15 is 0 Å². The molecule has 0 bridgehead atoms. The van der Waals surface area contributed by atoms with Crippen LogP contribution in [0.3, 0.4) is 0 Å². The number of esters is 1. The molecular formula is C18H15ClN2O5. The number of halogens is 1. The Morgan fingerprint density at radius 3 is 2.69 bits per heavy atom. The van der Waals surface area contributed by atoms with Gasteiger partial charge in [0.2, 0.25) is 0 Å². The molecule has 0 aliphatic heterocycles. The number of amides is 1. The predicted octanol–water partition coefficient (Wildman–Crippen LogP) is 3.75. The number of nitro benzene ring substituents is 1. The topological polar surface area (TPSA) is 98.5 Å². The van der Waals surface area contributed by atoms with E-state index in [9.17, 15) is 19.7 Å². The highest BCUT2D eigenvalue weighted by atomic mass is 35.5. The van der Waals surface area contributed by atoms with Gasteiger partial charge in [-0.2, -0.15) is 0 Å². The number of nitrogens with one attached hydrogen (secondary N) is 1. The molecule has 0 unspecified atom stereocenters. The van der Waals surface area contributed by atoms with Crippen LogP contribution < -0.4 is 5.32 Å². The second-order valence-electron chi connectivity index (χ2n) is 5.27. The highest BCUT2D eigenvalue weighted by molar-refractivity contribution is 6.31. The van der Waals surface area contributed by atoms with Crippen molar-refractivity contribution in [1.29, 1.82) is 0 Å². The average molecular weight is 375 g/mol. The van der Waals surface area contributed by atoms with E-state index in [1.54, 1.807) is 24.3 Å². The van der Waals surface area contributed by atoms with Crippen LogP contribution in [0.25, 0.3) is 6.08 Å². The van der Waals surface area contributed by atoms with Gasteiger partial charge in [-0.3, -0.25) is 14.9 Å². The molecule has 1 amide bonds. The van der Waals surface area contributed by atoms with Crippen molar-refractivity contribution in [1.82, 2.24) is 0 Å². The van der Waals surface area contributed by atoms with Crippen LogP contribution in [-0.4, -0.2) is 23.4 Å². The molecule has 0 saturated carbocycles. The number of nitro groups is 1. The zero-order valence-corrected chi connectivity index (χ0v) is 14.5. The lowest BCUT2D eigenvalue weighted by atomic mass is 10.1. The van der Waals surface area contributed by atoms with E-state index < -0.39 is 23.4 Å². The minimum atomic E-state index is -0.791. The molecule has 2 aromatic carbocycles. The van der Waals surface area contributed by atoms with E-state index in [-0.39, 0.29) is 11.3 Å². The zero-order valence-electron chi connectivity index (χ0n) is 13.8. The molecule has 0 heterocycles. The fourth-order valence-corrected chi connectivity index (χ4v) is 2.19. The summed E-state index contributed by atoms with van der Waals surface area (Å²) < 4.78 is 4.81. The molecule has 0 saturated heterocycles. The maximum atomic E-state index is 11.8. The standard InChI is InChI=1S/C18H15ClN2O5/c1-12-6-8-14(10-15(12)19)20-17(22)11-26-18(23)9-7-13-4-2-3-5-16(13)21(24)25/h2-10H,11H2,1H3,(H,20,22)/b9-7+. The Morgan fingerprint density at radius 1 is 1.27 bits per heavy atom. The van der Waals surface area contributed by atoms with E-state index in [2.05, 4.69) is 5.32 Å². The highest BCUT2D eigenvalue weighted by Crippen LogP contribution is 2.20. The highest BCUT2D eigenvalue weighted by Gasteiger charge is 2.11. The Balaban J connectivity index is 1.89. The Hall–Kier alpha value is -3.19. The van der Waals surface area contributed by atoms with E-state index in [0.29, 0.717) is 10.7 Å². The summed E-state index contributed by atoms with van der Waals surface area (Å²) in [4.78, 5) is 33.8. The van der Waals surface area contributed by atoms with E-state index in [1.807, 2.05) is 6.92 Å². The first kappa shape index (κ1) is 19.1. The van der Waals surface area contributed by atoms with Gasteiger partial charge in [-0.1, -0.05) is 29.8 Å². The van der Waals surface area contributed by atoms with Crippen molar-refractivity contribution in [3.63, 3.8) is 0 Å². The van der Waals surface area contributed by atoms with Crippen LogP contribution in [0, 0.1) is 17.0 Å². The third-order valence-corrected chi connectivity index (χ3v) is 3.74. The SMILES string of the molecule is Cc1ccc(NC(=O)COC(=O)/C=C/c2ccccc2[N+](=O)[O-])cc1Cl. The Kier molecular flexibility index (Phi) is 6.46. The number of benzene rings is 2. The third-order valence-electron chi connectivity index (χ3n) is 3.33. The van der Waals surface area contributed by atoms with Gasteiger partial charge in [-0.15, -0.1) is 0 Å². The summed E-state index contributed by atoms with van der Waals surface area (Å²) in [5.41, 5.74) is 1.48. The molecule has 0 spiro atoms. The summed E-state index contributed by atoms with van der Waals surface area (Å²) in [6, 6.07) is 11.0. The first-order chi connectivity index (χ1) is 12.4.